The van der Waals surface area contributed by atoms with E-state index in [0.29, 0.717) is 0 Å². The number of nitrogens with one attached hydrogen (secondary N) is 1. The van der Waals surface area contributed by atoms with E-state index < -0.39 is 35.4 Å². The number of halogens is 7. The molecule has 0 aliphatic heterocycles. The van der Waals surface area contributed by atoms with E-state index >= 15 is 0 Å². The Labute approximate surface area is 105 Å². The third-order valence-electron chi connectivity index (χ3n) is 2.74. The fourth-order valence-corrected chi connectivity index (χ4v) is 0.931. The average molecular weight is 297 g/mol. The van der Waals surface area contributed by atoms with Crippen molar-refractivity contribution in [2.75, 3.05) is 0 Å². The highest BCUT2D eigenvalue weighted by Gasteiger charge is 2.77. The highest BCUT2D eigenvalue weighted by Crippen LogP contribution is 2.46. The zero-order valence-corrected chi connectivity index (χ0v) is 10.6. The van der Waals surface area contributed by atoms with Crippen molar-refractivity contribution in [1.82, 2.24) is 5.32 Å². The summed E-state index contributed by atoms with van der Waals surface area (Å²) >= 11 is 0. The van der Waals surface area contributed by atoms with Crippen LogP contribution in [0, 0.1) is 5.41 Å². The summed E-state index contributed by atoms with van der Waals surface area (Å²) in [5.41, 5.74) is -6.74. The van der Waals surface area contributed by atoms with Gasteiger partial charge in [0, 0.05) is 6.04 Å². The van der Waals surface area contributed by atoms with Gasteiger partial charge in [-0.15, -0.1) is 0 Å². The van der Waals surface area contributed by atoms with Gasteiger partial charge in [-0.2, -0.15) is 26.3 Å². The maximum Gasteiger partial charge on any atom is 0.441 e. The summed E-state index contributed by atoms with van der Waals surface area (Å²) in [7, 11) is 0. The Kier molecular flexibility index (Phi) is 4.57. The maximum atomic E-state index is 13.3. The highest BCUT2D eigenvalue weighted by atomic mass is 19.4. The molecule has 2 nitrogen and oxygen atoms in total. The van der Waals surface area contributed by atoms with Crippen LogP contribution < -0.4 is 5.32 Å². The van der Waals surface area contributed by atoms with Gasteiger partial charge in [0.15, 0.2) is 0 Å². The molecule has 114 valence electrons. The van der Waals surface area contributed by atoms with Crippen LogP contribution >= 0.6 is 0 Å². The van der Waals surface area contributed by atoms with Crippen molar-refractivity contribution in [3.05, 3.63) is 0 Å². The molecule has 0 saturated heterocycles. The lowest BCUT2D eigenvalue weighted by Crippen LogP contribution is -2.64. The first kappa shape index (κ1) is 18.0. The van der Waals surface area contributed by atoms with E-state index in [1.54, 1.807) is 0 Å². The molecule has 0 aromatic rings. The van der Waals surface area contributed by atoms with Gasteiger partial charge >= 0.3 is 18.0 Å². The topological polar surface area (TPSA) is 29.1 Å². The third-order valence-corrected chi connectivity index (χ3v) is 2.74. The lowest BCUT2D eigenvalue weighted by Gasteiger charge is -2.33. The molecule has 0 radical (unpaired) electrons. The van der Waals surface area contributed by atoms with E-state index in [4.69, 9.17) is 0 Å². The van der Waals surface area contributed by atoms with Gasteiger partial charge in [0.2, 0.25) is 0 Å². The van der Waals surface area contributed by atoms with Crippen LogP contribution in [0.1, 0.15) is 27.7 Å². The molecule has 0 bridgehead atoms. The van der Waals surface area contributed by atoms with E-state index in [1.165, 1.54) is 33.0 Å². The average Bonchev–Trinajstić information content (AvgIpc) is 2.10. The van der Waals surface area contributed by atoms with Crippen LogP contribution in [0.25, 0.3) is 0 Å². The fraction of sp³-hybridized carbons (Fsp3) is 0.900. The summed E-state index contributed by atoms with van der Waals surface area (Å²) < 4.78 is 86.7. The number of amides is 1. The van der Waals surface area contributed by atoms with E-state index in [2.05, 4.69) is 0 Å². The predicted molar refractivity (Wildman–Crippen MR) is 53.0 cm³/mol. The van der Waals surface area contributed by atoms with Gasteiger partial charge in [0.25, 0.3) is 5.91 Å². The van der Waals surface area contributed by atoms with Crippen molar-refractivity contribution in [1.29, 1.82) is 0 Å². The Morgan fingerprint density at radius 3 is 1.42 bits per heavy atom. The van der Waals surface area contributed by atoms with Crippen molar-refractivity contribution in [3.8, 4) is 0 Å². The minimum Gasteiger partial charge on any atom is -0.350 e. The minimum atomic E-state index is -6.38. The largest absolute Gasteiger partial charge is 0.441 e. The van der Waals surface area contributed by atoms with E-state index in [0.717, 1.165) is 0 Å². The quantitative estimate of drug-likeness (QED) is 0.778. The number of carbonyl (C=O) groups is 1. The number of carbonyl (C=O) groups excluding carboxylic acids is 1. The van der Waals surface area contributed by atoms with Crippen molar-refractivity contribution in [2.24, 2.45) is 5.41 Å². The lowest BCUT2D eigenvalue weighted by molar-refractivity contribution is -0.326. The third kappa shape index (κ3) is 3.50. The second-order valence-corrected chi connectivity index (χ2v) is 5.22. The zero-order valence-electron chi connectivity index (χ0n) is 10.6. The second kappa shape index (κ2) is 4.82. The van der Waals surface area contributed by atoms with Gasteiger partial charge < -0.3 is 5.32 Å². The monoisotopic (exact) mass is 297 g/mol. The van der Waals surface area contributed by atoms with Crippen LogP contribution in [0.2, 0.25) is 0 Å². The Hall–Kier alpha value is -1.02. The first-order valence-electron chi connectivity index (χ1n) is 5.18. The first-order chi connectivity index (χ1) is 8.05. The van der Waals surface area contributed by atoms with Crippen molar-refractivity contribution in [3.63, 3.8) is 0 Å². The van der Waals surface area contributed by atoms with Crippen LogP contribution in [-0.2, 0) is 4.79 Å². The molecule has 1 atom stereocenters. The number of rotatable bonds is 2. The lowest BCUT2D eigenvalue weighted by atomic mass is 9.87. The summed E-state index contributed by atoms with van der Waals surface area (Å²) in [5.74, 6) is -2.75. The summed E-state index contributed by atoms with van der Waals surface area (Å²) in [6.45, 7) is 5.60. The highest BCUT2D eigenvalue weighted by molar-refractivity contribution is 5.87. The van der Waals surface area contributed by atoms with Crippen molar-refractivity contribution < 1.29 is 35.5 Å². The molecule has 0 fully saturated rings. The predicted octanol–water partition coefficient (Wildman–Crippen LogP) is 3.37. The van der Waals surface area contributed by atoms with Crippen LogP contribution in [0.3, 0.4) is 0 Å². The summed E-state index contributed by atoms with van der Waals surface area (Å²) in [6, 6.07) is -1.08. The Morgan fingerprint density at radius 2 is 1.21 bits per heavy atom. The van der Waals surface area contributed by atoms with Gasteiger partial charge in [-0.1, -0.05) is 20.8 Å². The summed E-state index contributed by atoms with van der Waals surface area (Å²) in [6.07, 6.45) is -12.8. The minimum absolute atomic E-state index is 0.826. The van der Waals surface area contributed by atoms with Crippen molar-refractivity contribution in [2.45, 2.75) is 51.8 Å². The Balaban J connectivity index is 5.42. The zero-order chi connectivity index (χ0) is 15.9. The molecule has 0 aliphatic carbocycles. The molecule has 0 aliphatic rings. The van der Waals surface area contributed by atoms with Gasteiger partial charge in [0.1, 0.15) is 0 Å². The molecule has 19 heavy (non-hydrogen) atoms. The Bertz CT molecular complexity index is 325. The smallest absolute Gasteiger partial charge is 0.350 e. The number of hydrogen-bond acceptors (Lipinski definition) is 1. The molecule has 0 spiro atoms. The summed E-state index contributed by atoms with van der Waals surface area (Å²) in [4.78, 5) is 11.1. The molecule has 0 aromatic carbocycles. The molecule has 0 rings (SSSR count). The molecule has 1 amide bonds. The molecule has 1 unspecified atom stereocenters. The molecule has 9 heteroatoms. The SMILES string of the molecule is CC(NC(=O)C(F)(C(F)(F)F)C(F)(F)F)C(C)(C)C. The van der Waals surface area contributed by atoms with E-state index in [9.17, 15) is 35.5 Å². The molecular formula is C10H14F7NO. The van der Waals surface area contributed by atoms with Gasteiger partial charge in [-0.05, 0) is 12.3 Å². The Morgan fingerprint density at radius 1 is 0.895 bits per heavy atom. The number of hydrogen-bond donors (Lipinski definition) is 1. The fourth-order valence-electron chi connectivity index (χ4n) is 0.931. The van der Waals surface area contributed by atoms with Crippen LogP contribution in [-0.4, -0.2) is 30.0 Å². The van der Waals surface area contributed by atoms with Crippen LogP contribution in [0.15, 0.2) is 0 Å². The number of alkyl halides is 7. The molecule has 0 aromatic heterocycles. The maximum absolute atomic E-state index is 13.3. The normalized spacial score (nSPS) is 16.2. The van der Waals surface area contributed by atoms with Crippen LogP contribution in [0.5, 0.6) is 0 Å². The van der Waals surface area contributed by atoms with Crippen LogP contribution in [0.4, 0.5) is 30.7 Å². The molecule has 0 saturated carbocycles. The van der Waals surface area contributed by atoms with Gasteiger partial charge in [-0.25, -0.2) is 4.39 Å². The van der Waals surface area contributed by atoms with Gasteiger partial charge in [0.05, 0.1) is 0 Å². The summed E-state index contributed by atoms with van der Waals surface area (Å²) in [5, 5.41) is 1.42. The van der Waals surface area contributed by atoms with E-state index in [-0.39, 0.29) is 0 Å². The molecule has 1 N–H and O–H groups in total. The molecule has 0 heterocycles. The van der Waals surface area contributed by atoms with Gasteiger partial charge in [-0.3, -0.25) is 4.79 Å². The molecular weight excluding hydrogens is 283 g/mol. The van der Waals surface area contributed by atoms with Crippen molar-refractivity contribution >= 4 is 5.91 Å². The second-order valence-electron chi connectivity index (χ2n) is 5.22. The first-order valence-corrected chi connectivity index (χ1v) is 5.18. The van der Waals surface area contributed by atoms with E-state index in [1.807, 2.05) is 0 Å². The standard InChI is InChI=1S/C10H14F7NO/c1-5(7(2,3)4)18-6(19)8(11,9(12,13)14)10(15,16)17/h5H,1-4H3,(H,18,19).